The number of Topliss-reactive ketones (excluding diaryl/α,β-unsaturated/α-hetero) is 1. The number of rotatable bonds is 5. The van der Waals surface area contributed by atoms with Crippen LogP contribution in [-0.2, 0) is 4.79 Å². The van der Waals surface area contributed by atoms with Crippen molar-refractivity contribution in [3.8, 4) is 11.5 Å². The molecule has 0 bridgehead atoms. The van der Waals surface area contributed by atoms with Crippen LogP contribution in [0.5, 0.6) is 11.5 Å². The molecular weight excluding hydrogens is 494 g/mol. The Labute approximate surface area is 216 Å². The van der Waals surface area contributed by atoms with Crippen LogP contribution in [0.1, 0.15) is 43.9 Å². The molecule has 0 amide bonds. The highest BCUT2D eigenvalue weighted by molar-refractivity contribution is 7.07. The molecule has 2 heterocycles. The molecule has 1 aliphatic heterocycles. The number of hydrogen-bond acceptors (Lipinski definition) is 8. The van der Waals surface area contributed by atoms with Crippen LogP contribution < -0.4 is 24.4 Å². The van der Waals surface area contributed by atoms with E-state index in [1.807, 2.05) is 19.9 Å². The van der Waals surface area contributed by atoms with Gasteiger partial charge in [-0.25, -0.2) is 4.99 Å². The summed E-state index contributed by atoms with van der Waals surface area (Å²) in [6.07, 6.45) is 2.67. The van der Waals surface area contributed by atoms with E-state index in [0.717, 1.165) is 5.56 Å². The first-order valence-electron chi connectivity index (χ1n) is 11.7. The molecule has 0 saturated carbocycles. The second kappa shape index (κ2) is 9.11. The standard InChI is InChI=1S/C27H25N3O6S/c1-27(2)13-18-23(19(31)14-27)24(16-7-10-20(35-3)21(12-16)36-4)29-25(32)22(37-26(29)28-18)11-15-5-8-17(9-6-15)30(33)34/h5-12,24H,13-14H2,1-4H3. The van der Waals surface area contributed by atoms with E-state index >= 15 is 0 Å². The number of fused-ring (bicyclic) bond motifs is 1. The van der Waals surface area contributed by atoms with Gasteiger partial charge in [-0.05, 0) is 53.3 Å². The molecule has 0 spiro atoms. The molecule has 37 heavy (non-hydrogen) atoms. The van der Waals surface area contributed by atoms with E-state index < -0.39 is 11.0 Å². The molecule has 0 radical (unpaired) electrons. The minimum Gasteiger partial charge on any atom is -0.493 e. The summed E-state index contributed by atoms with van der Waals surface area (Å²) >= 11 is 1.23. The van der Waals surface area contributed by atoms with Gasteiger partial charge >= 0.3 is 0 Å². The van der Waals surface area contributed by atoms with Crippen molar-refractivity contribution in [1.29, 1.82) is 0 Å². The number of ether oxygens (including phenoxy) is 2. The lowest BCUT2D eigenvalue weighted by molar-refractivity contribution is -0.384. The van der Waals surface area contributed by atoms with Crippen LogP contribution in [0.2, 0.25) is 0 Å². The van der Waals surface area contributed by atoms with Gasteiger partial charge in [-0.2, -0.15) is 0 Å². The first-order valence-corrected chi connectivity index (χ1v) is 12.5. The van der Waals surface area contributed by atoms with Gasteiger partial charge in [0.15, 0.2) is 22.1 Å². The van der Waals surface area contributed by atoms with Gasteiger partial charge < -0.3 is 9.47 Å². The van der Waals surface area contributed by atoms with Crippen LogP contribution in [0.15, 0.2) is 63.5 Å². The Hall–Kier alpha value is -4.05. The number of methoxy groups -OCH3 is 2. The van der Waals surface area contributed by atoms with E-state index in [9.17, 15) is 19.7 Å². The van der Waals surface area contributed by atoms with Gasteiger partial charge in [0.25, 0.3) is 11.2 Å². The minimum absolute atomic E-state index is 0.0270. The molecule has 5 rings (SSSR count). The number of aromatic nitrogens is 1. The number of hydrogen-bond donors (Lipinski definition) is 0. The van der Waals surface area contributed by atoms with Crippen LogP contribution in [0.3, 0.4) is 0 Å². The van der Waals surface area contributed by atoms with Crippen molar-refractivity contribution in [2.75, 3.05) is 14.2 Å². The minimum atomic E-state index is -0.659. The van der Waals surface area contributed by atoms with E-state index in [-0.39, 0.29) is 22.4 Å². The SMILES string of the molecule is COc1ccc(C2C3=C(CC(C)(C)CC3=O)N=c3sc(=Cc4ccc([N+](=O)[O-])cc4)c(=O)n32)cc1OC. The average Bonchev–Trinajstić information content (AvgIpc) is 3.16. The van der Waals surface area contributed by atoms with Crippen molar-refractivity contribution < 1.29 is 19.2 Å². The fourth-order valence-electron chi connectivity index (χ4n) is 4.93. The fraction of sp³-hybridized carbons (Fsp3) is 0.296. The van der Waals surface area contributed by atoms with Crippen molar-refractivity contribution >= 4 is 28.9 Å². The maximum atomic E-state index is 13.7. The molecule has 2 aromatic carbocycles. The summed E-state index contributed by atoms with van der Waals surface area (Å²) in [5.74, 6) is 1.01. The van der Waals surface area contributed by atoms with Crippen molar-refractivity contribution in [1.82, 2.24) is 4.57 Å². The normalized spacial score (nSPS) is 18.6. The van der Waals surface area contributed by atoms with E-state index in [2.05, 4.69) is 0 Å². The lowest BCUT2D eigenvalue weighted by Crippen LogP contribution is -2.42. The van der Waals surface area contributed by atoms with Gasteiger partial charge in [-0.3, -0.25) is 24.3 Å². The van der Waals surface area contributed by atoms with Crippen LogP contribution in [-0.4, -0.2) is 29.5 Å². The molecule has 1 unspecified atom stereocenters. The quantitative estimate of drug-likeness (QED) is 0.377. The number of allylic oxidation sites excluding steroid dienone is 2. The maximum absolute atomic E-state index is 13.7. The number of nitrogens with zero attached hydrogens (tertiary/aromatic N) is 3. The Bertz CT molecular complexity index is 1650. The predicted octanol–water partition coefficient (Wildman–Crippen LogP) is 3.53. The summed E-state index contributed by atoms with van der Waals surface area (Å²) in [5.41, 5.74) is 2.04. The van der Waals surface area contributed by atoms with Crippen LogP contribution in [0.4, 0.5) is 5.69 Å². The molecule has 0 N–H and O–H groups in total. The number of benzene rings is 2. The topological polar surface area (TPSA) is 113 Å². The average molecular weight is 520 g/mol. The summed E-state index contributed by atoms with van der Waals surface area (Å²) in [7, 11) is 3.09. The molecule has 1 atom stereocenters. The van der Waals surface area contributed by atoms with Gasteiger partial charge in [-0.15, -0.1) is 0 Å². The zero-order valence-corrected chi connectivity index (χ0v) is 21.6. The van der Waals surface area contributed by atoms with Crippen molar-refractivity contribution in [3.63, 3.8) is 0 Å². The summed E-state index contributed by atoms with van der Waals surface area (Å²) in [5, 5.41) is 11.0. The second-order valence-corrected chi connectivity index (χ2v) is 10.9. The van der Waals surface area contributed by atoms with Crippen LogP contribution in [0.25, 0.3) is 6.08 Å². The largest absolute Gasteiger partial charge is 0.493 e. The molecule has 190 valence electrons. The number of thiazole rings is 1. The molecule has 0 fully saturated rings. The van der Waals surface area contributed by atoms with Gasteiger partial charge in [0.2, 0.25) is 0 Å². The van der Waals surface area contributed by atoms with Gasteiger partial charge in [-0.1, -0.05) is 31.3 Å². The highest BCUT2D eigenvalue weighted by Gasteiger charge is 2.40. The zero-order chi connectivity index (χ0) is 26.5. The lowest BCUT2D eigenvalue weighted by atomic mass is 9.73. The molecule has 0 saturated heterocycles. The maximum Gasteiger partial charge on any atom is 0.271 e. The molecule has 1 aliphatic carbocycles. The second-order valence-electron chi connectivity index (χ2n) is 9.85. The third-order valence-corrected chi connectivity index (χ3v) is 7.60. The monoisotopic (exact) mass is 519 g/mol. The van der Waals surface area contributed by atoms with Crippen LogP contribution in [0, 0.1) is 15.5 Å². The first kappa shape index (κ1) is 24.6. The van der Waals surface area contributed by atoms with E-state index in [1.54, 1.807) is 42.0 Å². The van der Waals surface area contributed by atoms with E-state index in [1.165, 1.54) is 30.6 Å². The Morgan fingerprint density at radius 2 is 1.78 bits per heavy atom. The molecule has 3 aromatic rings. The number of nitro groups is 1. The summed E-state index contributed by atoms with van der Waals surface area (Å²) in [6, 6.07) is 10.7. The Morgan fingerprint density at radius 1 is 1.08 bits per heavy atom. The molecule has 9 nitrogen and oxygen atoms in total. The molecule has 1 aromatic heterocycles. The Balaban J connectivity index is 1.73. The third kappa shape index (κ3) is 4.37. The fourth-order valence-corrected chi connectivity index (χ4v) is 5.95. The van der Waals surface area contributed by atoms with Crippen molar-refractivity contribution in [3.05, 3.63) is 94.7 Å². The zero-order valence-electron chi connectivity index (χ0n) is 20.8. The number of nitro benzene ring substituents is 1. The Morgan fingerprint density at radius 3 is 2.43 bits per heavy atom. The van der Waals surface area contributed by atoms with Gasteiger partial charge in [0.1, 0.15) is 0 Å². The summed E-state index contributed by atoms with van der Waals surface area (Å²) in [4.78, 5) is 43.0. The molecular formula is C27H25N3O6S. The summed E-state index contributed by atoms with van der Waals surface area (Å²) in [6.45, 7) is 4.08. The van der Waals surface area contributed by atoms with E-state index in [0.29, 0.717) is 50.5 Å². The molecule has 10 heteroatoms. The van der Waals surface area contributed by atoms with Crippen molar-refractivity contribution in [2.45, 2.75) is 32.7 Å². The first-order chi connectivity index (χ1) is 17.6. The van der Waals surface area contributed by atoms with Crippen LogP contribution >= 0.6 is 11.3 Å². The molecule has 2 aliphatic rings. The smallest absolute Gasteiger partial charge is 0.271 e. The van der Waals surface area contributed by atoms with Gasteiger partial charge in [0.05, 0.1) is 35.4 Å². The highest BCUT2D eigenvalue weighted by Crippen LogP contribution is 2.44. The van der Waals surface area contributed by atoms with Crippen molar-refractivity contribution in [2.24, 2.45) is 10.4 Å². The Kier molecular flexibility index (Phi) is 6.07. The number of carbonyl (C=O) groups is 1. The number of carbonyl (C=O) groups excluding carboxylic acids is 1. The summed E-state index contributed by atoms with van der Waals surface area (Å²) < 4.78 is 12.9. The predicted molar refractivity (Wildman–Crippen MR) is 139 cm³/mol. The third-order valence-electron chi connectivity index (χ3n) is 6.62. The lowest BCUT2D eigenvalue weighted by Gasteiger charge is -2.35. The van der Waals surface area contributed by atoms with E-state index in [4.69, 9.17) is 14.5 Å². The number of ketones is 1. The number of non-ortho nitro benzene ring substituents is 1. The van der Waals surface area contributed by atoms with Gasteiger partial charge in [0, 0.05) is 24.1 Å². The highest BCUT2D eigenvalue weighted by atomic mass is 32.1.